The van der Waals surface area contributed by atoms with Gasteiger partial charge in [0.1, 0.15) is 18.1 Å². The van der Waals surface area contributed by atoms with Crippen molar-refractivity contribution in [3.8, 4) is 5.69 Å². The number of hydrogen-bond donors (Lipinski definition) is 0. The smallest absolute Gasteiger partial charge is 0.234 e. The largest absolute Gasteiger partial charge is 0.261 e. The Kier molecular flexibility index (Phi) is 14.1. The monoisotopic (exact) mass is 425 g/mol. The van der Waals surface area contributed by atoms with Crippen molar-refractivity contribution in [2.24, 2.45) is 0 Å². The third-order valence-electron chi connectivity index (χ3n) is 6.61. The Hall–Kier alpha value is -1.57. The van der Waals surface area contributed by atoms with Gasteiger partial charge in [-0.1, -0.05) is 122 Å². The summed E-state index contributed by atoms with van der Waals surface area (Å²) < 4.78 is 4.79. The molecule has 0 amide bonds. The minimum Gasteiger partial charge on any atom is -0.234 e. The van der Waals surface area contributed by atoms with E-state index in [0.717, 1.165) is 13.0 Å². The van der Waals surface area contributed by atoms with Crippen LogP contribution in [0.25, 0.3) is 5.69 Å². The Labute approximate surface area is 193 Å². The van der Waals surface area contributed by atoms with Crippen molar-refractivity contribution in [2.75, 3.05) is 0 Å². The van der Waals surface area contributed by atoms with E-state index in [2.05, 4.69) is 65.7 Å². The molecule has 31 heavy (non-hydrogen) atoms. The molecule has 2 nitrogen and oxygen atoms in total. The molecule has 0 spiro atoms. The van der Waals surface area contributed by atoms with Crippen LogP contribution in [0.5, 0.6) is 0 Å². The number of unbranched alkanes of at least 4 members (excludes halogenated alkanes) is 15. The highest BCUT2D eigenvalue weighted by molar-refractivity contribution is 5.31. The summed E-state index contributed by atoms with van der Waals surface area (Å²) in [7, 11) is 0. The molecule has 2 rings (SSSR count). The Morgan fingerprint density at radius 3 is 1.58 bits per heavy atom. The normalized spacial score (nSPS) is 11.3. The summed E-state index contributed by atoms with van der Waals surface area (Å²) in [4.78, 5) is 0. The maximum Gasteiger partial charge on any atom is 0.261 e. The molecule has 0 aliphatic heterocycles. The lowest BCUT2D eigenvalue weighted by atomic mass is 10.0. The molecule has 1 aromatic heterocycles. The van der Waals surface area contributed by atoms with Crippen LogP contribution in [0.15, 0.2) is 42.7 Å². The summed E-state index contributed by atoms with van der Waals surface area (Å²) in [6.45, 7) is 5.72. The van der Waals surface area contributed by atoms with E-state index in [9.17, 15) is 0 Å². The molecular weight excluding hydrogens is 376 g/mol. The fourth-order valence-electron chi connectivity index (χ4n) is 4.69. The molecule has 0 N–H and O–H groups in total. The second-order valence-corrected chi connectivity index (χ2v) is 9.27. The van der Waals surface area contributed by atoms with Gasteiger partial charge in [0.05, 0.1) is 6.54 Å². The molecule has 0 aliphatic carbocycles. The molecule has 2 heteroatoms. The van der Waals surface area contributed by atoms with Crippen LogP contribution in [0.3, 0.4) is 0 Å². The number of aryl methyl sites for hydroxylation is 1. The summed E-state index contributed by atoms with van der Waals surface area (Å²) in [5.74, 6) is 1.41. The first-order valence-corrected chi connectivity index (χ1v) is 13.5. The lowest BCUT2D eigenvalue weighted by molar-refractivity contribution is -0.703. The fourth-order valence-corrected chi connectivity index (χ4v) is 4.69. The van der Waals surface area contributed by atoms with Crippen LogP contribution in [0.1, 0.15) is 122 Å². The van der Waals surface area contributed by atoms with Crippen LogP contribution in [0, 0.1) is 0 Å². The first-order valence-electron chi connectivity index (χ1n) is 13.5. The number of benzene rings is 1. The maximum atomic E-state index is 2.46. The van der Waals surface area contributed by atoms with E-state index in [1.165, 1.54) is 114 Å². The highest BCUT2D eigenvalue weighted by Gasteiger charge is 2.16. The first-order chi connectivity index (χ1) is 15.4. The van der Waals surface area contributed by atoms with Gasteiger partial charge in [-0.2, -0.15) is 4.57 Å². The van der Waals surface area contributed by atoms with Crippen molar-refractivity contribution in [2.45, 2.75) is 130 Å². The van der Waals surface area contributed by atoms with Crippen LogP contribution < -0.4 is 4.57 Å². The number of aromatic nitrogens is 2. The molecule has 0 unspecified atom stereocenters. The standard InChI is InChI=1S/C29H49N2/c1-3-5-6-7-8-9-10-11-12-13-14-15-16-17-18-22-25-30-26-27-31(29(30)4-2)28-23-20-19-21-24-28/h19-21,23-24,26-27H,3-18,22,25H2,1-2H3/q+1. The average molecular weight is 426 g/mol. The second kappa shape index (κ2) is 17.0. The van der Waals surface area contributed by atoms with Crippen LogP contribution in [-0.4, -0.2) is 4.57 Å². The Bertz CT molecular complexity index is 659. The number of nitrogens with zero attached hydrogens (tertiary/aromatic N) is 2. The minimum absolute atomic E-state index is 1.07. The van der Waals surface area contributed by atoms with Gasteiger partial charge in [0.2, 0.25) is 0 Å². The molecular formula is C29H49N2+. The zero-order valence-corrected chi connectivity index (χ0v) is 20.7. The number of imidazole rings is 1. The highest BCUT2D eigenvalue weighted by atomic mass is 15.1. The Morgan fingerprint density at radius 2 is 1.10 bits per heavy atom. The number of para-hydroxylation sites is 1. The molecule has 0 radical (unpaired) electrons. The van der Waals surface area contributed by atoms with Gasteiger partial charge in [0.25, 0.3) is 5.82 Å². The van der Waals surface area contributed by atoms with Gasteiger partial charge in [-0.15, -0.1) is 0 Å². The van der Waals surface area contributed by atoms with Crippen LogP contribution in [0.2, 0.25) is 0 Å². The summed E-state index contributed by atoms with van der Waals surface area (Å²) >= 11 is 0. The maximum absolute atomic E-state index is 2.46. The average Bonchev–Trinajstić information content (AvgIpc) is 3.22. The van der Waals surface area contributed by atoms with Crippen LogP contribution >= 0.6 is 0 Å². The third-order valence-corrected chi connectivity index (χ3v) is 6.61. The van der Waals surface area contributed by atoms with Crippen molar-refractivity contribution in [1.82, 2.24) is 4.57 Å². The summed E-state index contributed by atoms with van der Waals surface area (Å²) in [5, 5.41) is 0. The lowest BCUT2D eigenvalue weighted by Crippen LogP contribution is -2.36. The number of rotatable bonds is 19. The van der Waals surface area contributed by atoms with Gasteiger partial charge in [0.15, 0.2) is 0 Å². The molecule has 1 aromatic carbocycles. The second-order valence-electron chi connectivity index (χ2n) is 9.27. The predicted octanol–water partition coefficient (Wildman–Crippen LogP) is 8.59. The van der Waals surface area contributed by atoms with Gasteiger partial charge in [-0.3, -0.25) is 0 Å². The fraction of sp³-hybridized carbons (Fsp3) is 0.690. The predicted molar refractivity (Wildman–Crippen MR) is 135 cm³/mol. The zero-order chi connectivity index (χ0) is 22.0. The summed E-state index contributed by atoms with van der Waals surface area (Å²) in [6, 6.07) is 10.7. The van der Waals surface area contributed by atoms with Crippen LogP contribution in [-0.2, 0) is 13.0 Å². The zero-order valence-electron chi connectivity index (χ0n) is 20.7. The summed E-state index contributed by atoms with van der Waals surface area (Å²) in [5.41, 5.74) is 1.27. The van der Waals surface area contributed by atoms with E-state index < -0.39 is 0 Å². The van der Waals surface area contributed by atoms with E-state index >= 15 is 0 Å². The van der Waals surface area contributed by atoms with Gasteiger partial charge in [0, 0.05) is 6.42 Å². The van der Waals surface area contributed by atoms with Crippen molar-refractivity contribution >= 4 is 0 Å². The summed E-state index contributed by atoms with van der Waals surface area (Å²) in [6.07, 6.45) is 28.4. The van der Waals surface area contributed by atoms with Gasteiger partial charge >= 0.3 is 0 Å². The molecule has 0 saturated carbocycles. The molecule has 0 aliphatic rings. The molecule has 0 bridgehead atoms. The first kappa shape index (κ1) is 25.7. The minimum atomic E-state index is 1.07. The lowest BCUT2D eigenvalue weighted by Gasteiger charge is -2.04. The Balaban J connectivity index is 1.44. The van der Waals surface area contributed by atoms with Crippen molar-refractivity contribution in [1.29, 1.82) is 0 Å². The molecule has 0 atom stereocenters. The quantitative estimate of drug-likeness (QED) is 0.157. The Morgan fingerprint density at radius 1 is 0.613 bits per heavy atom. The SMILES string of the molecule is CCCCCCCCCCCCCCCCCC[n+]1ccn(-c2ccccc2)c1CC. The molecule has 2 aromatic rings. The molecule has 0 saturated heterocycles. The van der Waals surface area contributed by atoms with Gasteiger partial charge in [-0.25, -0.2) is 4.57 Å². The molecule has 0 fully saturated rings. The molecule has 174 valence electrons. The van der Waals surface area contributed by atoms with Crippen molar-refractivity contribution in [3.05, 3.63) is 48.5 Å². The van der Waals surface area contributed by atoms with E-state index in [1.807, 2.05) is 0 Å². The topological polar surface area (TPSA) is 8.81 Å². The highest BCUT2D eigenvalue weighted by Crippen LogP contribution is 2.14. The third kappa shape index (κ3) is 10.5. The van der Waals surface area contributed by atoms with E-state index in [-0.39, 0.29) is 0 Å². The van der Waals surface area contributed by atoms with E-state index in [4.69, 9.17) is 0 Å². The van der Waals surface area contributed by atoms with Gasteiger partial charge in [-0.05, 0) is 25.0 Å². The van der Waals surface area contributed by atoms with Crippen molar-refractivity contribution < 1.29 is 4.57 Å². The van der Waals surface area contributed by atoms with E-state index in [1.54, 1.807) is 0 Å². The van der Waals surface area contributed by atoms with Crippen molar-refractivity contribution in [3.63, 3.8) is 0 Å². The van der Waals surface area contributed by atoms with Gasteiger partial charge < -0.3 is 0 Å². The van der Waals surface area contributed by atoms with E-state index in [0.29, 0.717) is 0 Å². The van der Waals surface area contributed by atoms with Crippen LogP contribution in [0.4, 0.5) is 0 Å². The number of hydrogen-bond acceptors (Lipinski definition) is 0. The molecule has 1 heterocycles.